The number of amides is 1. The van der Waals surface area contributed by atoms with Gasteiger partial charge < -0.3 is 10.5 Å². The second-order valence-corrected chi connectivity index (χ2v) is 3.95. The van der Waals surface area contributed by atoms with Crippen molar-refractivity contribution in [2.75, 3.05) is 7.11 Å². The summed E-state index contributed by atoms with van der Waals surface area (Å²) < 4.78 is 4.63. The van der Waals surface area contributed by atoms with E-state index in [0.717, 1.165) is 0 Å². The molecule has 0 aromatic rings. The van der Waals surface area contributed by atoms with Gasteiger partial charge in [0.15, 0.2) is 0 Å². The fourth-order valence-corrected chi connectivity index (χ4v) is 2.48. The Kier molecular flexibility index (Phi) is 1.14. The van der Waals surface area contributed by atoms with Crippen LogP contribution in [0.15, 0.2) is 0 Å². The Hall–Kier alpha value is -1.06. The third kappa shape index (κ3) is 0.589. The number of esters is 1. The number of rotatable bonds is 2. The molecule has 3 rings (SSSR count). The van der Waals surface area contributed by atoms with E-state index in [4.69, 9.17) is 5.73 Å². The first-order valence-electron chi connectivity index (χ1n) is 3.93. The number of primary amides is 1. The van der Waals surface area contributed by atoms with Crippen molar-refractivity contribution in [3.63, 3.8) is 0 Å². The minimum atomic E-state index is -0.353. The molecule has 12 heavy (non-hydrogen) atoms. The number of carbonyl (C=O) groups excluding carboxylic acids is 2. The van der Waals surface area contributed by atoms with Crippen LogP contribution in [-0.2, 0) is 14.3 Å². The summed E-state index contributed by atoms with van der Waals surface area (Å²) in [7, 11) is 1.37. The minimum absolute atomic E-state index is 0.189. The van der Waals surface area contributed by atoms with Gasteiger partial charge in [-0.05, 0) is 19.3 Å². The summed E-state index contributed by atoms with van der Waals surface area (Å²) in [6.07, 6.45) is 1.80. The van der Waals surface area contributed by atoms with Crippen LogP contribution >= 0.6 is 0 Å². The van der Waals surface area contributed by atoms with Crippen LogP contribution in [0, 0.1) is 10.8 Å². The summed E-state index contributed by atoms with van der Waals surface area (Å²) in [6.45, 7) is 0. The molecule has 0 unspecified atom stereocenters. The molecule has 66 valence electrons. The van der Waals surface area contributed by atoms with Gasteiger partial charge in [0.25, 0.3) is 0 Å². The van der Waals surface area contributed by atoms with Gasteiger partial charge in [-0.2, -0.15) is 0 Å². The van der Waals surface area contributed by atoms with Gasteiger partial charge in [0.2, 0.25) is 5.91 Å². The normalized spacial score (nSPS) is 42.4. The van der Waals surface area contributed by atoms with E-state index >= 15 is 0 Å². The van der Waals surface area contributed by atoms with Crippen LogP contribution in [-0.4, -0.2) is 19.0 Å². The van der Waals surface area contributed by atoms with Crippen LogP contribution in [0.25, 0.3) is 0 Å². The molecule has 4 heteroatoms. The molecule has 2 N–H and O–H groups in total. The lowest BCUT2D eigenvalue weighted by Gasteiger charge is -2.66. The number of carbonyl (C=O) groups is 2. The number of hydrogen-bond donors (Lipinski definition) is 1. The lowest BCUT2D eigenvalue weighted by atomic mass is 9.35. The summed E-state index contributed by atoms with van der Waals surface area (Å²) in [4.78, 5) is 22.0. The first-order valence-corrected chi connectivity index (χ1v) is 3.93. The van der Waals surface area contributed by atoms with Crippen molar-refractivity contribution in [3.05, 3.63) is 0 Å². The van der Waals surface area contributed by atoms with E-state index in [9.17, 15) is 9.59 Å². The maximum atomic E-state index is 11.1. The summed E-state index contributed by atoms with van der Waals surface area (Å²) in [6, 6.07) is 0. The van der Waals surface area contributed by atoms with E-state index in [-0.39, 0.29) is 22.7 Å². The molecule has 0 aromatic heterocycles. The standard InChI is InChI=1S/C8H11NO3/c1-12-6(11)8-2-7(3-8,4-8)5(9)10/h2-4H2,1H3,(H2,9,10). The lowest BCUT2D eigenvalue weighted by Crippen LogP contribution is -2.70. The number of hydrogen-bond acceptors (Lipinski definition) is 3. The van der Waals surface area contributed by atoms with E-state index in [2.05, 4.69) is 4.74 Å². The van der Waals surface area contributed by atoms with Crippen molar-refractivity contribution >= 4 is 11.9 Å². The first-order chi connectivity index (χ1) is 5.55. The SMILES string of the molecule is COC(=O)C12CC(C(N)=O)(C1)C2. The topological polar surface area (TPSA) is 69.4 Å². The highest BCUT2D eigenvalue weighted by Crippen LogP contribution is 2.73. The molecule has 3 saturated carbocycles. The van der Waals surface area contributed by atoms with Crippen molar-refractivity contribution in [2.45, 2.75) is 19.3 Å². The van der Waals surface area contributed by atoms with Crippen LogP contribution in [0.3, 0.4) is 0 Å². The summed E-state index contributed by atoms with van der Waals surface area (Å²) in [5, 5.41) is 0. The number of methoxy groups -OCH3 is 1. The van der Waals surface area contributed by atoms with Crippen LogP contribution in [0.5, 0.6) is 0 Å². The molecule has 3 aliphatic carbocycles. The van der Waals surface area contributed by atoms with Crippen LogP contribution in [0.1, 0.15) is 19.3 Å². The Morgan fingerprint density at radius 2 is 1.75 bits per heavy atom. The first kappa shape index (κ1) is 7.58. The van der Waals surface area contributed by atoms with Crippen molar-refractivity contribution in [1.82, 2.24) is 0 Å². The van der Waals surface area contributed by atoms with Crippen molar-refractivity contribution < 1.29 is 14.3 Å². The lowest BCUT2D eigenvalue weighted by molar-refractivity contribution is -0.221. The molecule has 0 radical (unpaired) electrons. The van der Waals surface area contributed by atoms with Crippen molar-refractivity contribution in [2.24, 2.45) is 16.6 Å². The third-order valence-corrected chi connectivity index (χ3v) is 3.17. The van der Waals surface area contributed by atoms with Gasteiger partial charge >= 0.3 is 5.97 Å². The number of nitrogens with two attached hydrogens (primary N) is 1. The maximum Gasteiger partial charge on any atom is 0.311 e. The molecule has 0 atom stereocenters. The molecule has 0 aliphatic heterocycles. The molecular weight excluding hydrogens is 158 g/mol. The van der Waals surface area contributed by atoms with Crippen molar-refractivity contribution in [1.29, 1.82) is 0 Å². The second kappa shape index (κ2) is 1.81. The molecule has 3 aliphatic rings. The molecule has 3 fully saturated rings. The monoisotopic (exact) mass is 169 g/mol. The minimum Gasteiger partial charge on any atom is -0.469 e. The van der Waals surface area contributed by atoms with E-state index in [1.165, 1.54) is 7.11 Å². The highest BCUT2D eigenvalue weighted by Gasteiger charge is 2.75. The molecule has 2 bridgehead atoms. The predicted molar refractivity (Wildman–Crippen MR) is 39.9 cm³/mol. The average molecular weight is 169 g/mol. The van der Waals surface area contributed by atoms with Gasteiger partial charge in [-0.25, -0.2) is 0 Å². The van der Waals surface area contributed by atoms with Gasteiger partial charge in [-0.3, -0.25) is 9.59 Å². The second-order valence-electron chi connectivity index (χ2n) is 3.95. The fraction of sp³-hybridized carbons (Fsp3) is 0.750. The predicted octanol–water partition coefficient (Wildman–Crippen LogP) is -0.185. The van der Waals surface area contributed by atoms with Crippen LogP contribution in [0.2, 0.25) is 0 Å². The highest BCUT2D eigenvalue weighted by molar-refractivity contribution is 5.92. The van der Waals surface area contributed by atoms with E-state index < -0.39 is 0 Å². The van der Waals surface area contributed by atoms with E-state index in [1.807, 2.05) is 0 Å². The molecule has 1 amide bonds. The largest absolute Gasteiger partial charge is 0.469 e. The zero-order valence-corrected chi connectivity index (χ0v) is 6.92. The number of ether oxygens (including phenoxy) is 1. The zero-order chi connectivity index (χ0) is 8.98. The van der Waals surface area contributed by atoms with E-state index in [0.29, 0.717) is 19.3 Å². The van der Waals surface area contributed by atoms with Crippen molar-refractivity contribution in [3.8, 4) is 0 Å². The molecular formula is C8H11NO3. The van der Waals surface area contributed by atoms with Gasteiger partial charge in [0.1, 0.15) is 0 Å². The Morgan fingerprint density at radius 1 is 1.25 bits per heavy atom. The molecule has 0 spiro atoms. The summed E-state index contributed by atoms with van der Waals surface area (Å²) in [5.74, 6) is -0.459. The Labute approximate surface area is 70.1 Å². The van der Waals surface area contributed by atoms with Gasteiger partial charge in [-0.1, -0.05) is 0 Å². The summed E-state index contributed by atoms with van der Waals surface area (Å²) >= 11 is 0. The maximum absolute atomic E-state index is 11.1. The Balaban J connectivity index is 2.04. The Bertz CT molecular complexity index is 252. The average Bonchev–Trinajstić information content (AvgIpc) is 1.80. The van der Waals surface area contributed by atoms with Gasteiger partial charge in [0, 0.05) is 0 Å². The van der Waals surface area contributed by atoms with Gasteiger partial charge in [-0.15, -0.1) is 0 Å². The summed E-state index contributed by atoms with van der Waals surface area (Å²) in [5.41, 5.74) is 4.48. The van der Waals surface area contributed by atoms with Crippen LogP contribution in [0.4, 0.5) is 0 Å². The highest BCUT2D eigenvalue weighted by atomic mass is 16.5. The quantitative estimate of drug-likeness (QED) is 0.583. The molecule has 0 saturated heterocycles. The van der Waals surface area contributed by atoms with Gasteiger partial charge in [0.05, 0.1) is 17.9 Å². The zero-order valence-electron chi connectivity index (χ0n) is 6.92. The Morgan fingerprint density at radius 3 is 2.08 bits per heavy atom. The molecule has 4 nitrogen and oxygen atoms in total. The van der Waals surface area contributed by atoms with E-state index in [1.54, 1.807) is 0 Å². The molecule has 0 heterocycles. The van der Waals surface area contributed by atoms with Crippen LogP contribution < -0.4 is 5.73 Å². The third-order valence-electron chi connectivity index (χ3n) is 3.17. The smallest absolute Gasteiger partial charge is 0.311 e. The molecule has 0 aromatic carbocycles. The fourth-order valence-electron chi connectivity index (χ4n) is 2.48.